The highest BCUT2D eigenvalue weighted by atomic mass is 16.5. The number of ether oxygens (including phenoxy) is 3. The molecule has 0 spiro atoms. The van der Waals surface area contributed by atoms with Crippen LogP contribution in [-0.2, 0) is 11.2 Å². The van der Waals surface area contributed by atoms with E-state index in [1.807, 2.05) is 19.1 Å². The van der Waals surface area contributed by atoms with Crippen LogP contribution in [0, 0.1) is 0 Å². The molecule has 1 aromatic carbocycles. The molecule has 0 bridgehead atoms. The Morgan fingerprint density at radius 3 is 2.95 bits per heavy atom. The lowest BCUT2D eigenvalue weighted by molar-refractivity contribution is -0.0158. The molecule has 0 unspecified atom stereocenters. The highest BCUT2D eigenvalue weighted by Gasteiger charge is 2.17. The van der Waals surface area contributed by atoms with Gasteiger partial charge in [-0.05, 0) is 58.2 Å². The number of allylic oxidation sites excluding steroid dienone is 1. The Kier molecular flexibility index (Phi) is 5.90. The Morgan fingerprint density at radius 1 is 1.36 bits per heavy atom. The van der Waals surface area contributed by atoms with E-state index in [0.29, 0.717) is 6.61 Å². The van der Waals surface area contributed by atoms with Gasteiger partial charge in [-0.1, -0.05) is 11.6 Å². The van der Waals surface area contributed by atoms with Crippen molar-refractivity contribution in [1.82, 2.24) is 0 Å². The second kappa shape index (κ2) is 7.68. The van der Waals surface area contributed by atoms with Crippen molar-refractivity contribution in [3.8, 4) is 11.5 Å². The molecule has 1 aliphatic rings. The summed E-state index contributed by atoms with van der Waals surface area (Å²) in [6.45, 7) is 10.6. The molecule has 3 heteroatoms. The first-order chi connectivity index (χ1) is 10.5. The number of fused-ring (bicyclic) bond motifs is 1. The summed E-state index contributed by atoms with van der Waals surface area (Å²) in [5, 5.41) is 0. The molecule has 122 valence electrons. The van der Waals surface area contributed by atoms with E-state index in [-0.39, 0.29) is 5.60 Å². The van der Waals surface area contributed by atoms with Crippen molar-refractivity contribution in [2.45, 2.75) is 52.6 Å². The van der Waals surface area contributed by atoms with Gasteiger partial charge in [0.25, 0.3) is 0 Å². The van der Waals surface area contributed by atoms with Gasteiger partial charge in [-0.25, -0.2) is 0 Å². The smallest absolute Gasteiger partial charge is 0.126 e. The van der Waals surface area contributed by atoms with Crippen molar-refractivity contribution >= 4 is 0 Å². The minimum absolute atomic E-state index is 0.0535. The average Bonchev–Trinajstić information content (AvgIpc) is 2.93. The van der Waals surface area contributed by atoms with Gasteiger partial charge in [0.2, 0.25) is 0 Å². The Bertz CT molecular complexity index is 517. The molecule has 0 radical (unpaired) electrons. The summed E-state index contributed by atoms with van der Waals surface area (Å²) in [6, 6.07) is 6.11. The molecule has 2 rings (SSSR count). The predicted molar refractivity (Wildman–Crippen MR) is 89.8 cm³/mol. The maximum atomic E-state index is 5.79. The first-order valence-electron chi connectivity index (χ1n) is 8.18. The molecular formula is C19H28O3. The minimum Gasteiger partial charge on any atom is -0.493 e. The molecule has 1 aromatic rings. The monoisotopic (exact) mass is 304 g/mol. The number of rotatable bonds is 8. The van der Waals surface area contributed by atoms with Gasteiger partial charge in [0.15, 0.2) is 0 Å². The molecule has 0 atom stereocenters. The van der Waals surface area contributed by atoms with Crippen molar-refractivity contribution < 1.29 is 14.2 Å². The van der Waals surface area contributed by atoms with Crippen LogP contribution < -0.4 is 9.47 Å². The third-order valence-electron chi connectivity index (χ3n) is 4.01. The summed E-state index contributed by atoms with van der Waals surface area (Å²) in [7, 11) is 0. The molecule has 0 aliphatic carbocycles. The highest BCUT2D eigenvalue weighted by molar-refractivity contribution is 5.42. The number of hydrogen-bond donors (Lipinski definition) is 0. The molecule has 3 nitrogen and oxygen atoms in total. The van der Waals surface area contributed by atoms with Crippen LogP contribution in [0.1, 0.15) is 46.1 Å². The van der Waals surface area contributed by atoms with Crippen LogP contribution in [0.5, 0.6) is 11.5 Å². The van der Waals surface area contributed by atoms with Gasteiger partial charge in [0, 0.05) is 19.1 Å². The zero-order valence-electron chi connectivity index (χ0n) is 14.3. The number of hydrogen-bond acceptors (Lipinski definition) is 3. The normalized spacial score (nSPS) is 14.6. The largest absolute Gasteiger partial charge is 0.493 e. The Hall–Kier alpha value is -1.48. The van der Waals surface area contributed by atoms with Crippen molar-refractivity contribution in [3.05, 3.63) is 35.4 Å². The van der Waals surface area contributed by atoms with Crippen LogP contribution in [0.25, 0.3) is 0 Å². The summed E-state index contributed by atoms with van der Waals surface area (Å²) in [5.74, 6) is 1.84. The van der Waals surface area contributed by atoms with E-state index in [1.54, 1.807) is 0 Å². The standard InChI is InChI=1S/C19H28O3/c1-5-22-19(3,4)11-8-15(2)9-12-20-17-7-6-16-10-13-21-18(16)14-17/h6-7,9,14H,5,8,10-13H2,1-4H3. The second-order valence-electron chi connectivity index (χ2n) is 6.42. The first kappa shape index (κ1) is 16.9. The predicted octanol–water partition coefficient (Wildman–Crippen LogP) is 4.54. The quantitative estimate of drug-likeness (QED) is 0.660. The SMILES string of the molecule is CCOC(C)(C)CCC(C)=CCOc1ccc2c(c1)OCC2. The molecule has 0 saturated carbocycles. The van der Waals surface area contributed by atoms with Gasteiger partial charge >= 0.3 is 0 Å². The fourth-order valence-corrected chi connectivity index (χ4v) is 2.58. The van der Waals surface area contributed by atoms with E-state index in [4.69, 9.17) is 14.2 Å². The van der Waals surface area contributed by atoms with Gasteiger partial charge < -0.3 is 14.2 Å². The molecule has 1 heterocycles. The Morgan fingerprint density at radius 2 is 2.18 bits per heavy atom. The van der Waals surface area contributed by atoms with Crippen LogP contribution in [0.3, 0.4) is 0 Å². The molecule has 0 fully saturated rings. The van der Waals surface area contributed by atoms with E-state index in [1.165, 1.54) is 11.1 Å². The van der Waals surface area contributed by atoms with E-state index in [9.17, 15) is 0 Å². The second-order valence-corrected chi connectivity index (χ2v) is 6.42. The maximum Gasteiger partial charge on any atom is 0.126 e. The third-order valence-corrected chi connectivity index (χ3v) is 4.01. The van der Waals surface area contributed by atoms with Crippen molar-refractivity contribution in [2.75, 3.05) is 19.8 Å². The topological polar surface area (TPSA) is 27.7 Å². The molecular weight excluding hydrogens is 276 g/mol. The molecule has 0 amide bonds. The lowest BCUT2D eigenvalue weighted by atomic mass is 9.99. The zero-order chi connectivity index (χ0) is 16.0. The molecule has 0 N–H and O–H groups in total. The van der Waals surface area contributed by atoms with Gasteiger partial charge in [-0.2, -0.15) is 0 Å². The van der Waals surface area contributed by atoms with Crippen molar-refractivity contribution in [3.63, 3.8) is 0 Å². The summed E-state index contributed by atoms with van der Waals surface area (Å²) < 4.78 is 17.1. The Labute approximate surface area is 134 Å². The zero-order valence-corrected chi connectivity index (χ0v) is 14.3. The molecule has 0 aromatic heterocycles. The molecule has 22 heavy (non-hydrogen) atoms. The summed E-state index contributed by atoms with van der Waals surface area (Å²) in [6.07, 6.45) is 5.21. The highest BCUT2D eigenvalue weighted by Crippen LogP contribution is 2.29. The van der Waals surface area contributed by atoms with Gasteiger partial charge in [-0.3, -0.25) is 0 Å². The van der Waals surface area contributed by atoms with Crippen LogP contribution >= 0.6 is 0 Å². The lowest BCUT2D eigenvalue weighted by Gasteiger charge is -2.24. The van der Waals surface area contributed by atoms with Crippen LogP contribution in [0.4, 0.5) is 0 Å². The van der Waals surface area contributed by atoms with Gasteiger partial charge in [0.1, 0.15) is 18.1 Å². The first-order valence-corrected chi connectivity index (χ1v) is 8.18. The van der Waals surface area contributed by atoms with E-state index >= 15 is 0 Å². The van der Waals surface area contributed by atoms with Crippen LogP contribution in [0.2, 0.25) is 0 Å². The van der Waals surface area contributed by atoms with Crippen LogP contribution in [0.15, 0.2) is 29.8 Å². The lowest BCUT2D eigenvalue weighted by Crippen LogP contribution is -2.24. The summed E-state index contributed by atoms with van der Waals surface area (Å²) in [5.41, 5.74) is 2.56. The van der Waals surface area contributed by atoms with E-state index in [2.05, 4.69) is 32.9 Å². The van der Waals surface area contributed by atoms with E-state index in [0.717, 1.165) is 44.0 Å². The van der Waals surface area contributed by atoms with E-state index < -0.39 is 0 Å². The molecule has 0 saturated heterocycles. The van der Waals surface area contributed by atoms with Crippen molar-refractivity contribution in [2.24, 2.45) is 0 Å². The van der Waals surface area contributed by atoms with Gasteiger partial charge in [-0.15, -0.1) is 0 Å². The fraction of sp³-hybridized carbons (Fsp3) is 0.579. The Balaban J connectivity index is 1.77. The summed E-state index contributed by atoms with van der Waals surface area (Å²) in [4.78, 5) is 0. The average molecular weight is 304 g/mol. The van der Waals surface area contributed by atoms with Crippen molar-refractivity contribution in [1.29, 1.82) is 0 Å². The fourth-order valence-electron chi connectivity index (χ4n) is 2.58. The maximum absolute atomic E-state index is 5.79. The third kappa shape index (κ3) is 5.06. The van der Waals surface area contributed by atoms with Gasteiger partial charge in [0.05, 0.1) is 12.2 Å². The number of benzene rings is 1. The van der Waals surface area contributed by atoms with Crippen LogP contribution in [-0.4, -0.2) is 25.4 Å². The minimum atomic E-state index is -0.0535. The summed E-state index contributed by atoms with van der Waals surface area (Å²) >= 11 is 0. The molecule has 1 aliphatic heterocycles.